The Morgan fingerprint density at radius 1 is 1.38 bits per heavy atom. The van der Waals surface area contributed by atoms with E-state index >= 15 is 0 Å². The van der Waals surface area contributed by atoms with Crippen molar-refractivity contribution >= 4 is 0 Å². The molecule has 1 N–H and O–H groups in total. The van der Waals surface area contributed by atoms with E-state index < -0.39 is 0 Å². The highest BCUT2D eigenvalue weighted by molar-refractivity contribution is 5.28. The molecular weight excluding hydrogens is 164 g/mol. The van der Waals surface area contributed by atoms with Gasteiger partial charge < -0.3 is 9.84 Å². The van der Waals surface area contributed by atoms with Gasteiger partial charge in [-0.1, -0.05) is 12.1 Å². The lowest BCUT2D eigenvalue weighted by atomic mass is 10.1. The molecule has 0 heterocycles. The molecule has 0 fully saturated rings. The maximum atomic E-state index is 8.67. The van der Waals surface area contributed by atoms with Crippen LogP contribution in [-0.2, 0) is 6.42 Å². The number of aliphatic hydroxyl groups is 1. The maximum Gasteiger partial charge on any atom is 0.119 e. The van der Waals surface area contributed by atoms with Crippen LogP contribution in [0.3, 0.4) is 0 Å². The number of rotatable bonds is 5. The first-order valence-corrected chi connectivity index (χ1v) is 4.69. The first-order valence-electron chi connectivity index (χ1n) is 4.69. The Balaban J connectivity index is 2.56. The smallest absolute Gasteiger partial charge is 0.119 e. The van der Waals surface area contributed by atoms with Crippen LogP contribution < -0.4 is 4.74 Å². The van der Waals surface area contributed by atoms with Crippen molar-refractivity contribution in [3.8, 4) is 5.75 Å². The molecule has 1 aromatic carbocycles. The fourth-order valence-electron chi connectivity index (χ4n) is 1.24. The van der Waals surface area contributed by atoms with Crippen molar-refractivity contribution in [2.75, 3.05) is 13.2 Å². The van der Waals surface area contributed by atoms with Crippen LogP contribution >= 0.6 is 0 Å². The first kappa shape index (κ1) is 10.1. The summed E-state index contributed by atoms with van der Waals surface area (Å²) in [5.74, 6) is 0.915. The van der Waals surface area contributed by atoms with Crippen LogP contribution in [0, 0.1) is 0 Å². The molecule has 0 aliphatic rings. The molecule has 0 aliphatic heterocycles. The second-order valence-electron chi connectivity index (χ2n) is 2.91. The van der Waals surface area contributed by atoms with Gasteiger partial charge in [-0.3, -0.25) is 0 Å². The summed E-state index contributed by atoms with van der Waals surface area (Å²) in [6.07, 6.45) is 1.73. The summed E-state index contributed by atoms with van der Waals surface area (Å²) in [7, 11) is 0. The van der Waals surface area contributed by atoms with Gasteiger partial charge in [-0.25, -0.2) is 0 Å². The van der Waals surface area contributed by atoms with Crippen molar-refractivity contribution in [2.24, 2.45) is 0 Å². The molecule has 0 saturated heterocycles. The zero-order valence-electron chi connectivity index (χ0n) is 7.99. The fraction of sp³-hybridized carbons (Fsp3) is 0.455. The van der Waals surface area contributed by atoms with E-state index in [4.69, 9.17) is 9.84 Å². The lowest BCUT2D eigenvalue weighted by Crippen LogP contribution is -1.93. The SMILES string of the molecule is CCOc1cccc(CCCO)c1. The Labute approximate surface area is 79.2 Å². The number of aliphatic hydroxyl groups excluding tert-OH is 1. The lowest BCUT2D eigenvalue weighted by Gasteiger charge is -2.04. The molecular formula is C11H16O2. The molecule has 1 rings (SSSR count). The second-order valence-corrected chi connectivity index (χ2v) is 2.91. The van der Waals surface area contributed by atoms with Crippen molar-refractivity contribution in [1.82, 2.24) is 0 Å². The van der Waals surface area contributed by atoms with E-state index in [0.717, 1.165) is 18.6 Å². The van der Waals surface area contributed by atoms with Gasteiger partial charge >= 0.3 is 0 Å². The molecule has 0 aliphatic carbocycles. The van der Waals surface area contributed by atoms with E-state index in [1.54, 1.807) is 0 Å². The minimum atomic E-state index is 0.249. The third-order valence-corrected chi connectivity index (χ3v) is 1.83. The molecule has 0 unspecified atom stereocenters. The van der Waals surface area contributed by atoms with Crippen molar-refractivity contribution < 1.29 is 9.84 Å². The summed E-state index contributed by atoms with van der Waals surface area (Å²) in [6, 6.07) is 8.01. The van der Waals surface area contributed by atoms with Gasteiger partial charge in [0.15, 0.2) is 0 Å². The van der Waals surface area contributed by atoms with Crippen LogP contribution in [-0.4, -0.2) is 18.3 Å². The highest BCUT2D eigenvalue weighted by atomic mass is 16.5. The predicted molar refractivity (Wildman–Crippen MR) is 53.0 cm³/mol. The zero-order chi connectivity index (χ0) is 9.52. The van der Waals surface area contributed by atoms with Crippen molar-refractivity contribution in [2.45, 2.75) is 19.8 Å². The van der Waals surface area contributed by atoms with Gasteiger partial charge in [0.25, 0.3) is 0 Å². The van der Waals surface area contributed by atoms with Gasteiger partial charge in [0.2, 0.25) is 0 Å². The Bertz CT molecular complexity index is 246. The summed E-state index contributed by atoms with van der Waals surface area (Å²) in [4.78, 5) is 0. The molecule has 0 bridgehead atoms. The van der Waals surface area contributed by atoms with Crippen molar-refractivity contribution in [1.29, 1.82) is 0 Å². The van der Waals surface area contributed by atoms with Crippen LogP contribution in [0.4, 0.5) is 0 Å². The van der Waals surface area contributed by atoms with E-state index in [0.29, 0.717) is 6.61 Å². The number of benzene rings is 1. The summed E-state index contributed by atoms with van der Waals surface area (Å²) >= 11 is 0. The van der Waals surface area contributed by atoms with Crippen LogP contribution in [0.2, 0.25) is 0 Å². The predicted octanol–water partition coefficient (Wildman–Crippen LogP) is 2.01. The number of hydrogen-bond donors (Lipinski definition) is 1. The van der Waals surface area contributed by atoms with E-state index in [-0.39, 0.29) is 6.61 Å². The van der Waals surface area contributed by atoms with Gasteiger partial charge in [-0.2, -0.15) is 0 Å². The summed E-state index contributed by atoms with van der Waals surface area (Å²) in [6.45, 7) is 2.92. The highest BCUT2D eigenvalue weighted by Gasteiger charge is 1.95. The van der Waals surface area contributed by atoms with Crippen LogP contribution in [0.25, 0.3) is 0 Å². The van der Waals surface area contributed by atoms with Gasteiger partial charge in [0.1, 0.15) is 5.75 Å². The quantitative estimate of drug-likeness (QED) is 0.751. The molecule has 13 heavy (non-hydrogen) atoms. The lowest BCUT2D eigenvalue weighted by molar-refractivity contribution is 0.288. The summed E-state index contributed by atoms with van der Waals surface area (Å²) < 4.78 is 5.36. The molecule has 2 nitrogen and oxygen atoms in total. The van der Waals surface area contributed by atoms with Crippen molar-refractivity contribution in [3.63, 3.8) is 0 Å². The molecule has 0 radical (unpaired) electrons. The van der Waals surface area contributed by atoms with E-state index in [1.165, 1.54) is 5.56 Å². The fourth-order valence-corrected chi connectivity index (χ4v) is 1.24. The van der Waals surface area contributed by atoms with E-state index in [9.17, 15) is 0 Å². The summed E-state index contributed by atoms with van der Waals surface area (Å²) in [5.41, 5.74) is 1.22. The van der Waals surface area contributed by atoms with Crippen LogP contribution in [0.1, 0.15) is 18.9 Å². The Morgan fingerprint density at radius 3 is 2.92 bits per heavy atom. The molecule has 1 aromatic rings. The largest absolute Gasteiger partial charge is 0.494 e. The molecule has 0 amide bonds. The summed E-state index contributed by atoms with van der Waals surface area (Å²) in [5, 5.41) is 8.67. The van der Waals surface area contributed by atoms with Gasteiger partial charge in [0, 0.05) is 6.61 Å². The van der Waals surface area contributed by atoms with Gasteiger partial charge in [0.05, 0.1) is 6.61 Å². The molecule has 0 saturated carbocycles. The maximum absolute atomic E-state index is 8.67. The molecule has 2 heteroatoms. The van der Waals surface area contributed by atoms with Gasteiger partial charge in [-0.15, -0.1) is 0 Å². The minimum absolute atomic E-state index is 0.249. The highest BCUT2D eigenvalue weighted by Crippen LogP contribution is 2.14. The molecule has 72 valence electrons. The second kappa shape index (κ2) is 5.60. The number of aryl methyl sites for hydroxylation is 1. The van der Waals surface area contributed by atoms with Gasteiger partial charge in [-0.05, 0) is 37.5 Å². The van der Waals surface area contributed by atoms with Crippen LogP contribution in [0.15, 0.2) is 24.3 Å². The molecule has 0 atom stereocenters. The Morgan fingerprint density at radius 2 is 2.23 bits per heavy atom. The standard InChI is InChI=1S/C11H16O2/c1-2-13-11-7-3-5-10(9-11)6-4-8-12/h3,5,7,9,12H,2,4,6,8H2,1H3. The first-order chi connectivity index (χ1) is 6.36. The molecule has 0 aromatic heterocycles. The third-order valence-electron chi connectivity index (χ3n) is 1.83. The average Bonchev–Trinajstić information content (AvgIpc) is 2.16. The van der Waals surface area contributed by atoms with Crippen LogP contribution in [0.5, 0.6) is 5.75 Å². The number of ether oxygens (including phenoxy) is 1. The minimum Gasteiger partial charge on any atom is -0.494 e. The number of hydrogen-bond acceptors (Lipinski definition) is 2. The monoisotopic (exact) mass is 180 g/mol. The Hall–Kier alpha value is -1.02. The topological polar surface area (TPSA) is 29.5 Å². The van der Waals surface area contributed by atoms with E-state index in [2.05, 4.69) is 6.07 Å². The third kappa shape index (κ3) is 3.47. The Kier molecular flexibility index (Phi) is 4.33. The average molecular weight is 180 g/mol. The van der Waals surface area contributed by atoms with E-state index in [1.807, 2.05) is 25.1 Å². The van der Waals surface area contributed by atoms with Crippen molar-refractivity contribution in [3.05, 3.63) is 29.8 Å². The zero-order valence-corrected chi connectivity index (χ0v) is 7.99. The normalized spacial score (nSPS) is 10.0. The molecule has 0 spiro atoms.